The van der Waals surface area contributed by atoms with Gasteiger partial charge >= 0.3 is 0 Å². The number of fused-ring (bicyclic) bond motifs is 3. The van der Waals surface area contributed by atoms with Crippen LogP contribution >= 0.6 is 0 Å². The minimum absolute atomic E-state index is 0.0179. The van der Waals surface area contributed by atoms with Gasteiger partial charge in [0.05, 0.1) is 11.4 Å². The molecule has 4 heteroatoms. The smallest absolute Gasteiger partial charge is 0.147 e. The van der Waals surface area contributed by atoms with Crippen molar-refractivity contribution in [2.45, 2.75) is 26.9 Å². The van der Waals surface area contributed by atoms with Crippen LogP contribution in [-0.2, 0) is 0 Å². The second kappa shape index (κ2) is 6.28. The first-order valence-electron chi connectivity index (χ1n) is 8.98. The molecule has 1 aromatic heterocycles. The van der Waals surface area contributed by atoms with Gasteiger partial charge in [0.1, 0.15) is 6.17 Å². The molecule has 4 rings (SSSR count). The Kier molecular flexibility index (Phi) is 3.96. The first kappa shape index (κ1) is 15.8. The van der Waals surface area contributed by atoms with Crippen LogP contribution in [0.3, 0.4) is 0 Å². The van der Waals surface area contributed by atoms with E-state index in [1.54, 1.807) is 0 Å². The number of rotatable bonds is 4. The van der Waals surface area contributed by atoms with Gasteiger partial charge < -0.3 is 10.2 Å². The highest BCUT2D eigenvalue weighted by Gasteiger charge is 2.26. The maximum Gasteiger partial charge on any atom is 0.147 e. The minimum Gasteiger partial charge on any atom is -0.372 e. The number of hydrogen-bond donors (Lipinski definition) is 1. The van der Waals surface area contributed by atoms with Gasteiger partial charge in [0.25, 0.3) is 0 Å². The molecule has 0 fully saturated rings. The summed E-state index contributed by atoms with van der Waals surface area (Å²) in [5, 5.41) is 8.39. The quantitative estimate of drug-likeness (QED) is 0.753. The third-order valence-electron chi connectivity index (χ3n) is 4.94. The zero-order valence-corrected chi connectivity index (χ0v) is 15.0. The molecule has 1 N–H and O–H groups in total. The van der Waals surface area contributed by atoms with E-state index in [1.165, 1.54) is 22.5 Å². The van der Waals surface area contributed by atoms with Crippen molar-refractivity contribution < 1.29 is 0 Å². The van der Waals surface area contributed by atoms with E-state index in [2.05, 4.69) is 90.3 Å². The Morgan fingerprint density at radius 1 is 1.04 bits per heavy atom. The third kappa shape index (κ3) is 2.68. The van der Waals surface area contributed by atoms with Gasteiger partial charge in [0, 0.05) is 30.0 Å². The van der Waals surface area contributed by atoms with Crippen LogP contribution in [0.4, 0.5) is 11.4 Å². The zero-order valence-electron chi connectivity index (χ0n) is 15.0. The molecule has 4 nitrogen and oxygen atoms in total. The molecule has 2 aromatic carbocycles. The predicted octanol–water partition coefficient (Wildman–Crippen LogP) is 4.68. The Morgan fingerprint density at radius 3 is 2.48 bits per heavy atom. The third-order valence-corrected chi connectivity index (χ3v) is 4.94. The summed E-state index contributed by atoms with van der Waals surface area (Å²) in [4.78, 5) is 2.36. The van der Waals surface area contributed by atoms with Crippen LogP contribution in [0.5, 0.6) is 0 Å². The van der Waals surface area contributed by atoms with Gasteiger partial charge in [0.15, 0.2) is 0 Å². The lowest BCUT2D eigenvalue weighted by Gasteiger charge is -2.29. The van der Waals surface area contributed by atoms with Crippen LogP contribution in [-0.4, -0.2) is 22.9 Å². The van der Waals surface area contributed by atoms with E-state index in [1.807, 2.05) is 0 Å². The summed E-state index contributed by atoms with van der Waals surface area (Å²) in [6, 6.07) is 19.4. The first-order chi connectivity index (χ1) is 12.2. The van der Waals surface area contributed by atoms with Crippen molar-refractivity contribution in [3.05, 3.63) is 65.9 Å². The average molecular weight is 332 g/mol. The highest BCUT2D eigenvalue weighted by Crippen LogP contribution is 2.38. The molecule has 0 saturated carbocycles. The summed E-state index contributed by atoms with van der Waals surface area (Å²) in [5.41, 5.74) is 7.06. The minimum atomic E-state index is 0.0179. The zero-order chi connectivity index (χ0) is 17.4. The van der Waals surface area contributed by atoms with Crippen LogP contribution in [0.25, 0.3) is 11.3 Å². The highest BCUT2D eigenvalue weighted by atomic mass is 15.4. The van der Waals surface area contributed by atoms with Gasteiger partial charge in [-0.3, -0.25) is 0 Å². The molecule has 1 aliphatic heterocycles. The molecule has 3 aromatic rings. The van der Waals surface area contributed by atoms with Crippen molar-refractivity contribution >= 4 is 11.4 Å². The van der Waals surface area contributed by atoms with Crippen LogP contribution in [0.15, 0.2) is 54.6 Å². The van der Waals surface area contributed by atoms with E-state index in [4.69, 9.17) is 5.10 Å². The lowest BCUT2D eigenvalue weighted by atomic mass is 10.0. The fourth-order valence-corrected chi connectivity index (χ4v) is 3.64. The molecule has 1 aliphatic rings. The van der Waals surface area contributed by atoms with Crippen molar-refractivity contribution in [3.63, 3.8) is 0 Å². The van der Waals surface area contributed by atoms with E-state index in [0.717, 1.165) is 24.5 Å². The summed E-state index contributed by atoms with van der Waals surface area (Å²) >= 11 is 0. The Bertz CT molecular complexity index is 875. The number of para-hydroxylation sites is 1. The number of nitrogens with zero attached hydrogens (tertiary/aromatic N) is 3. The van der Waals surface area contributed by atoms with E-state index in [0.29, 0.717) is 0 Å². The van der Waals surface area contributed by atoms with Crippen LogP contribution in [0, 0.1) is 6.92 Å². The average Bonchev–Trinajstić information content (AvgIpc) is 3.04. The van der Waals surface area contributed by atoms with Crippen molar-refractivity contribution in [3.8, 4) is 11.3 Å². The largest absolute Gasteiger partial charge is 0.372 e. The molecule has 2 heterocycles. The Balaban J connectivity index is 1.74. The predicted molar refractivity (Wildman–Crippen MR) is 104 cm³/mol. The molecule has 0 radical (unpaired) electrons. The Morgan fingerprint density at radius 2 is 1.76 bits per heavy atom. The van der Waals surface area contributed by atoms with Crippen molar-refractivity contribution in [1.29, 1.82) is 0 Å². The van der Waals surface area contributed by atoms with Crippen molar-refractivity contribution in [1.82, 2.24) is 9.78 Å². The molecule has 0 bridgehead atoms. The van der Waals surface area contributed by atoms with E-state index in [9.17, 15) is 0 Å². The fraction of sp³-hybridized carbons (Fsp3) is 0.286. The highest BCUT2D eigenvalue weighted by molar-refractivity contribution is 5.78. The maximum atomic E-state index is 4.74. The Labute approximate surface area is 149 Å². The number of hydrogen-bond acceptors (Lipinski definition) is 3. The second-order valence-corrected chi connectivity index (χ2v) is 6.47. The van der Waals surface area contributed by atoms with Crippen molar-refractivity contribution in [2.75, 3.05) is 23.3 Å². The number of aryl methyl sites for hydroxylation is 1. The summed E-state index contributed by atoms with van der Waals surface area (Å²) in [7, 11) is 0. The Hall–Kier alpha value is -2.75. The first-order valence-corrected chi connectivity index (χ1v) is 8.98. The normalized spacial score (nSPS) is 15.2. The molecule has 0 amide bonds. The molecular weight excluding hydrogens is 308 g/mol. The topological polar surface area (TPSA) is 33.1 Å². The fourth-order valence-electron chi connectivity index (χ4n) is 3.64. The van der Waals surface area contributed by atoms with Gasteiger partial charge in [0.2, 0.25) is 0 Å². The van der Waals surface area contributed by atoms with Gasteiger partial charge in [-0.05, 0) is 50.6 Å². The van der Waals surface area contributed by atoms with E-state index >= 15 is 0 Å². The molecule has 1 atom stereocenters. The van der Waals surface area contributed by atoms with Gasteiger partial charge in [-0.1, -0.05) is 30.3 Å². The number of aromatic nitrogens is 2. The molecule has 128 valence electrons. The summed E-state index contributed by atoms with van der Waals surface area (Å²) < 4.78 is 2.10. The number of nitrogens with one attached hydrogen (secondary N) is 1. The van der Waals surface area contributed by atoms with Crippen LogP contribution < -0.4 is 10.2 Å². The lowest BCUT2D eigenvalue weighted by molar-refractivity contribution is 0.571. The summed E-state index contributed by atoms with van der Waals surface area (Å²) in [6.07, 6.45) is 0.0179. The van der Waals surface area contributed by atoms with Gasteiger partial charge in [-0.25, -0.2) is 4.68 Å². The summed E-state index contributed by atoms with van der Waals surface area (Å²) in [6.45, 7) is 8.47. The molecular formula is C21H24N4. The maximum absolute atomic E-state index is 4.74. The van der Waals surface area contributed by atoms with Crippen LogP contribution in [0.2, 0.25) is 0 Å². The number of benzene rings is 2. The van der Waals surface area contributed by atoms with E-state index in [-0.39, 0.29) is 6.17 Å². The van der Waals surface area contributed by atoms with Gasteiger partial charge in [-0.2, -0.15) is 5.10 Å². The molecule has 0 aliphatic carbocycles. The standard InChI is InChI=1S/C21H24N4/c1-4-24(5-2)17-12-10-16(11-13-17)21-22-19-9-7-6-8-18(19)20-14-15(3)23-25(20)21/h6-14,21-22H,4-5H2,1-3H3/t21-/m1/s1. The number of anilines is 2. The van der Waals surface area contributed by atoms with E-state index < -0.39 is 0 Å². The molecule has 0 spiro atoms. The van der Waals surface area contributed by atoms with Gasteiger partial charge in [-0.15, -0.1) is 0 Å². The second-order valence-electron chi connectivity index (χ2n) is 6.47. The molecule has 0 saturated heterocycles. The van der Waals surface area contributed by atoms with Crippen LogP contribution in [0.1, 0.15) is 31.3 Å². The lowest BCUT2D eigenvalue weighted by Crippen LogP contribution is -2.26. The molecule has 25 heavy (non-hydrogen) atoms. The summed E-state index contributed by atoms with van der Waals surface area (Å²) in [5.74, 6) is 0. The SMILES string of the molecule is CCN(CC)c1ccc([C@@H]2Nc3ccccc3-c3cc(C)nn32)cc1. The van der Waals surface area contributed by atoms with Crippen molar-refractivity contribution in [2.24, 2.45) is 0 Å². The monoisotopic (exact) mass is 332 g/mol. The molecule has 0 unspecified atom stereocenters.